The molecule has 0 radical (unpaired) electrons. The highest BCUT2D eigenvalue weighted by molar-refractivity contribution is 4.82. The molecule has 1 aliphatic heterocycles. The molecule has 3 heteroatoms. The highest BCUT2D eigenvalue weighted by atomic mass is 16.3. The zero-order valence-electron chi connectivity index (χ0n) is 8.03. The lowest BCUT2D eigenvalue weighted by Gasteiger charge is -2.35. The monoisotopic (exact) mass is 172 g/mol. The molecule has 1 heterocycles. The van der Waals surface area contributed by atoms with Crippen molar-refractivity contribution in [2.24, 2.45) is 11.7 Å². The van der Waals surface area contributed by atoms with E-state index in [9.17, 15) is 5.11 Å². The van der Waals surface area contributed by atoms with E-state index in [-0.39, 0.29) is 12.1 Å². The number of hydrogen-bond acceptors (Lipinski definition) is 3. The van der Waals surface area contributed by atoms with Gasteiger partial charge in [0.15, 0.2) is 0 Å². The standard InChI is InChI=1S/C9H20N2O/c1-3-9(12)7-4-8(10)6-11(2)5-7/h7-9,12H,3-6,10H2,1-2H3. The quantitative estimate of drug-likeness (QED) is 0.618. The molecule has 0 bridgehead atoms. The van der Waals surface area contributed by atoms with Gasteiger partial charge < -0.3 is 15.7 Å². The predicted molar refractivity (Wildman–Crippen MR) is 49.9 cm³/mol. The number of piperidine rings is 1. The summed E-state index contributed by atoms with van der Waals surface area (Å²) in [5.74, 6) is 0.378. The summed E-state index contributed by atoms with van der Waals surface area (Å²) in [7, 11) is 2.06. The summed E-state index contributed by atoms with van der Waals surface area (Å²) in [6.45, 7) is 3.97. The molecule has 0 aromatic heterocycles. The lowest BCUT2D eigenvalue weighted by molar-refractivity contribution is 0.0503. The largest absolute Gasteiger partial charge is 0.393 e. The molecule has 1 aliphatic rings. The minimum Gasteiger partial charge on any atom is -0.393 e. The molecule has 0 spiro atoms. The van der Waals surface area contributed by atoms with Crippen LogP contribution in [0.5, 0.6) is 0 Å². The second-order valence-corrected chi connectivity index (χ2v) is 3.95. The fourth-order valence-corrected chi connectivity index (χ4v) is 2.03. The van der Waals surface area contributed by atoms with Gasteiger partial charge in [0.2, 0.25) is 0 Å². The summed E-state index contributed by atoms with van der Waals surface area (Å²) in [6.07, 6.45) is 1.64. The molecule has 72 valence electrons. The van der Waals surface area contributed by atoms with Gasteiger partial charge in [-0.15, -0.1) is 0 Å². The highest BCUT2D eigenvalue weighted by Crippen LogP contribution is 2.19. The topological polar surface area (TPSA) is 49.5 Å². The van der Waals surface area contributed by atoms with Gasteiger partial charge in [0.25, 0.3) is 0 Å². The molecule has 0 saturated carbocycles. The van der Waals surface area contributed by atoms with E-state index >= 15 is 0 Å². The van der Waals surface area contributed by atoms with E-state index in [1.54, 1.807) is 0 Å². The summed E-state index contributed by atoms with van der Waals surface area (Å²) < 4.78 is 0. The van der Waals surface area contributed by atoms with Crippen molar-refractivity contribution in [2.45, 2.75) is 31.9 Å². The van der Waals surface area contributed by atoms with Gasteiger partial charge in [-0.2, -0.15) is 0 Å². The van der Waals surface area contributed by atoms with Gasteiger partial charge in [-0.3, -0.25) is 0 Å². The predicted octanol–water partition coefficient (Wildman–Crippen LogP) is 0.0363. The molecule has 1 rings (SSSR count). The van der Waals surface area contributed by atoms with Gasteiger partial charge in [0.05, 0.1) is 6.10 Å². The van der Waals surface area contributed by atoms with Crippen LogP contribution in [-0.2, 0) is 0 Å². The van der Waals surface area contributed by atoms with Crippen molar-refractivity contribution >= 4 is 0 Å². The van der Waals surface area contributed by atoms with E-state index in [4.69, 9.17) is 5.73 Å². The first kappa shape index (κ1) is 9.96. The van der Waals surface area contributed by atoms with Crippen molar-refractivity contribution in [1.82, 2.24) is 4.90 Å². The summed E-state index contributed by atoms with van der Waals surface area (Å²) in [5, 5.41) is 9.64. The molecule has 0 aliphatic carbocycles. The Morgan fingerprint density at radius 3 is 2.75 bits per heavy atom. The van der Waals surface area contributed by atoms with Gasteiger partial charge in [-0.25, -0.2) is 0 Å². The van der Waals surface area contributed by atoms with Gasteiger partial charge in [-0.05, 0) is 25.8 Å². The average Bonchev–Trinajstić information content (AvgIpc) is 2.01. The molecule has 3 unspecified atom stereocenters. The maximum absolute atomic E-state index is 9.64. The smallest absolute Gasteiger partial charge is 0.0578 e. The van der Waals surface area contributed by atoms with Crippen LogP contribution < -0.4 is 5.73 Å². The molecule has 12 heavy (non-hydrogen) atoms. The van der Waals surface area contributed by atoms with Gasteiger partial charge in [0, 0.05) is 19.1 Å². The maximum Gasteiger partial charge on any atom is 0.0578 e. The van der Waals surface area contributed by atoms with Crippen LogP contribution in [-0.4, -0.2) is 42.3 Å². The molecule has 1 fully saturated rings. The van der Waals surface area contributed by atoms with Crippen LogP contribution in [0.1, 0.15) is 19.8 Å². The Kier molecular flexibility index (Phi) is 3.50. The first-order chi connectivity index (χ1) is 5.63. The number of aliphatic hydroxyl groups excluding tert-OH is 1. The van der Waals surface area contributed by atoms with Crippen molar-refractivity contribution < 1.29 is 5.11 Å². The Labute approximate surface area is 74.5 Å². The summed E-state index contributed by atoms with van der Waals surface area (Å²) in [5.41, 5.74) is 5.86. The van der Waals surface area contributed by atoms with E-state index in [2.05, 4.69) is 11.9 Å². The zero-order valence-corrected chi connectivity index (χ0v) is 8.03. The van der Waals surface area contributed by atoms with Gasteiger partial charge >= 0.3 is 0 Å². The molecule has 0 amide bonds. The Balaban J connectivity index is 2.43. The lowest BCUT2D eigenvalue weighted by Crippen LogP contribution is -2.48. The number of aliphatic hydroxyl groups is 1. The summed E-state index contributed by atoms with van der Waals surface area (Å²) >= 11 is 0. The number of nitrogens with zero attached hydrogens (tertiary/aromatic N) is 1. The SMILES string of the molecule is CCC(O)C1CC(N)CN(C)C1. The van der Waals surface area contributed by atoms with Crippen molar-refractivity contribution in [3.63, 3.8) is 0 Å². The van der Waals surface area contributed by atoms with Crippen molar-refractivity contribution in [2.75, 3.05) is 20.1 Å². The van der Waals surface area contributed by atoms with E-state index in [0.29, 0.717) is 5.92 Å². The average molecular weight is 172 g/mol. The highest BCUT2D eigenvalue weighted by Gasteiger charge is 2.26. The normalized spacial score (nSPS) is 35.0. The van der Waals surface area contributed by atoms with E-state index in [0.717, 1.165) is 25.9 Å². The fraction of sp³-hybridized carbons (Fsp3) is 1.00. The van der Waals surface area contributed by atoms with Crippen LogP contribution in [0.4, 0.5) is 0 Å². The molecule has 0 aromatic carbocycles. The molecule has 3 N–H and O–H groups in total. The molecule has 3 atom stereocenters. The Morgan fingerprint density at radius 2 is 2.25 bits per heavy atom. The molecular formula is C9H20N2O. The first-order valence-corrected chi connectivity index (χ1v) is 4.75. The Hall–Kier alpha value is -0.120. The first-order valence-electron chi connectivity index (χ1n) is 4.75. The van der Waals surface area contributed by atoms with Crippen molar-refractivity contribution in [3.8, 4) is 0 Å². The fourth-order valence-electron chi connectivity index (χ4n) is 2.03. The van der Waals surface area contributed by atoms with E-state index in [1.165, 1.54) is 0 Å². The minimum atomic E-state index is -0.168. The number of rotatable bonds is 2. The zero-order chi connectivity index (χ0) is 9.14. The maximum atomic E-state index is 9.64. The Morgan fingerprint density at radius 1 is 1.58 bits per heavy atom. The van der Waals surface area contributed by atoms with Crippen LogP contribution >= 0.6 is 0 Å². The number of likely N-dealkylation sites (tertiary alicyclic amines) is 1. The van der Waals surface area contributed by atoms with Gasteiger partial charge in [0.1, 0.15) is 0 Å². The molecular weight excluding hydrogens is 152 g/mol. The second-order valence-electron chi connectivity index (χ2n) is 3.95. The number of hydrogen-bond donors (Lipinski definition) is 2. The molecule has 1 saturated heterocycles. The Bertz CT molecular complexity index is 130. The third kappa shape index (κ3) is 2.44. The van der Waals surface area contributed by atoms with Crippen LogP contribution in [0.25, 0.3) is 0 Å². The number of likely N-dealkylation sites (N-methyl/N-ethyl adjacent to an activating group) is 1. The van der Waals surface area contributed by atoms with Crippen LogP contribution in [0.2, 0.25) is 0 Å². The van der Waals surface area contributed by atoms with E-state index < -0.39 is 0 Å². The van der Waals surface area contributed by atoms with Gasteiger partial charge in [-0.1, -0.05) is 6.92 Å². The van der Waals surface area contributed by atoms with Crippen LogP contribution in [0, 0.1) is 5.92 Å². The summed E-state index contributed by atoms with van der Waals surface area (Å²) in [4.78, 5) is 2.21. The van der Waals surface area contributed by atoms with Crippen LogP contribution in [0.3, 0.4) is 0 Å². The third-order valence-electron chi connectivity index (χ3n) is 2.66. The summed E-state index contributed by atoms with van der Waals surface area (Å²) in [6, 6.07) is 0.245. The van der Waals surface area contributed by atoms with E-state index in [1.807, 2.05) is 6.92 Å². The number of nitrogens with two attached hydrogens (primary N) is 1. The second kappa shape index (κ2) is 4.21. The molecule has 3 nitrogen and oxygen atoms in total. The van der Waals surface area contributed by atoms with Crippen LogP contribution in [0.15, 0.2) is 0 Å². The third-order valence-corrected chi connectivity index (χ3v) is 2.66. The van der Waals surface area contributed by atoms with Crippen molar-refractivity contribution in [1.29, 1.82) is 0 Å². The minimum absolute atomic E-state index is 0.168. The molecule has 0 aromatic rings. The lowest BCUT2D eigenvalue weighted by atomic mass is 9.89. The van der Waals surface area contributed by atoms with Crippen molar-refractivity contribution in [3.05, 3.63) is 0 Å².